The highest BCUT2D eigenvalue weighted by atomic mass is 19.4. The second-order valence-corrected chi connectivity index (χ2v) is 13.4. The fraction of sp³-hybridized carbons (Fsp3) is 0.417. The van der Waals surface area contributed by atoms with Gasteiger partial charge >= 0.3 is 6.18 Å². The number of aliphatic hydroxyl groups excluding tert-OH is 1. The molecule has 1 saturated carbocycles. The maximum atomic E-state index is 14.6. The van der Waals surface area contributed by atoms with Crippen LogP contribution >= 0.6 is 0 Å². The highest BCUT2D eigenvalue weighted by molar-refractivity contribution is 6.10. The van der Waals surface area contributed by atoms with Crippen LogP contribution in [0.4, 0.5) is 24.8 Å². The van der Waals surface area contributed by atoms with Crippen LogP contribution < -0.4 is 10.2 Å². The minimum absolute atomic E-state index is 0.0160. The Morgan fingerprint density at radius 2 is 1.90 bits per heavy atom. The second kappa shape index (κ2) is 13.2. The summed E-state index contributed by atoms with van der Waals surface area (Å²) in [7, 11) is 1.81. The average Bonchev–Trinajstić information content (AvgIpc) is 3.73. The van der Waals surface area contributed by atoms with Crippen molar-refractivity contribution in [2.75, 3.05) is 36.5 Å². The minimum Gasteiger partial charge on any atom is -0.396 e. The van der Waals surface area contributed by atoms with Gasteiger partial charge in [-0.05, 0) is 102 Å². The van der Waals surface area contributed by atoms with Crippen LogP contribution in [0.3, 0.4) is 0 Å². The Bertz CT molecular complexity index is 1930. The molecule has 0 spiro atoms. The number of carbonyl (C=O) groups excluding carboxylic acids is 1. The van der Waals surface area contributed by atoms with Gasteiger partial charge in [-0.1, -0.05) is 12.8 Å². The predicted molar refractivity (Wildman–Crippen MR) is 177 cm³/mol. The molecule has 2 aromatic heterocycles. The quantitative estimate of drug-likeness (QED) is 0.210. The summed E-state index contributed by atoms with van der Waals surface area (Å²) in [5.74, 6) is 1.43. The monoisotopic (exact) mass is 670 g/mol. The summed E-state index contributed by atoms with van der Waals surface area (Å²) in [6, 6.07) is 13.6. The molecule has 1 saturated heterocycles. The van der Waals surface area contributed by atoms with E-state index in [9.17, 15) is 28.3 Å². The molecule has 0 bridgehead atoms. The summed E-state index contributed by atoms with van der Waals surface area (Å²) in [5.41, 5.74) is 1.90. The molecule has 1 atom stereocenters. The van der Waals surface area contributed by atoms with Crippen molar-refractivity contribution in [3.05, 3.63) is 76.6 Å². The molecule has 0 radical (unpaired) electrons. The zero-order valence-electron chi connectivity index (χ0n) is 27.2. The van der Waals surface area contributed by atoms with E-state index in [1.54, 1.807) is 41.2 Å². The number of carbonyl (C=O) groups is 1. The van der Waals surface area contributed by atoms with Crippen molar-refractivity contribution in [3.8, 4) is 28.6 Å². The van der Waals surface area contributed by atoms with E-state index in [0.29, 0.717) is 65.0 Å². The standard InChI is InChI=1S/C36H37F3N8O2/c1-45-21-42-44-34(45)27-7-6-23(16-40)11-28(27)26-14-32(41-9-8-22-4-5-22)43-33(15-26)47-19-30-29(35(47)49)12-25(13-31(30)36(37,38)39)18-46-10-2-3-24(17-46)20-48/h6-7,11-15,21-22,24,48H,2-5,8-10,17-20H2,1H3,(H,41,43)/t24-/m0/s1. The largest absolute Gasteiger partial charge is 0.416 e. The molecule has 254 valence electrons. The lowest BCUT2D eigenvalue weighted by molar-refractivity contribution is -0.138. The van der Waals surface area contributed by atoms with Gasteiger partial charge in [-0.2, -0.15) is 18.4 Å². The molecule has 0 unspecified atom stereocenters. The Kier molecular flexibility index (Phi) is 8.85. The SMILES string of the molecule is Cn1cnnc1-c1ccc(C#N)cc1-c1cc(NCCC2CC2)nc(N2Cc3c(cc(CN4CCC[C@H](CO)C4)cc3C(F)(F)F)C2=O)c1. The van der Waals surface area contributed by atoms with E-state index in [0.717, 1.165) is 25.3 Å². The topological polar surface area (TPSA) is 123 Å². The third-order valence-corrected chi connectivity index (χ3v) is 9.73. The van der Waals surface area contributed by atoms with Gasteiger partial charge in [0.15, 0.2) is 5.82 Å². The molecule has 4 aromatic rings. The van der Waals surface area contributed by atoms with Crippen molar-refractivity contribution >= 4 is 17.5 Å². The van der Waals surface area contributed by atoms with Gasteiger partial charge in [-0.15, -0.1) is 10.2 Å². The number of aromatic nitrogens is 4. The van der Waals surface area contributed by atoms with Gasteiger partial charge in [0.1, 0.15) is 18.0 Å². The molecule has 2 aromatic carbocycles. The molecule has 49 heavy (non-hydrogen) atoms. The third kappa shape index (κ3) is 6.89. The second-order valence-electron chi connectivity index (χ2n) is 13.4. The number of fused-ring (bicyclic) bond motifs is 1. The van der Waals surface area contributed by atoms with Gasteiger partial charge in [0, 0.05) is 44.4 Å². The van der Waals surface area contributed by atoms with E-state index >= 15 is 0 Å². The van der Waals surface area contributed by atoms with Gasteiger partial charge < -0.3 is 15.0 Å². The Hall–Kier alpha value is -4.80. The number of nitrogens with zero attached hydrogens (tertiary/aromatic N) is 7. The van der Waals surface area contributed by atoms with E-state index < -0.39 is 17.6 Å². The molecule has 3 aliphatic rings. The van der Waals surface area contributed by atoms with Crippen LogP contribution in [0.25, 0.3) is 22.5 Å². The van der Waals surface area contributed by atoms with Gasteiger partial charge in [0.05, 0.1) is 23.7 Å². The zero-order valence-corrected chi connectivity index (χ0v) is 27.2. The molecule has 2 aliphatic heterocycles. The smallest absolute Gasteiger partial charge is 0.396 e. The van der Waals surface area contributed by atoms with Crippen LogP contribution in [0.1, 0.15) is 64.7 Å². The molecule has 10 nitrogen and oxygen atoms in total. The van der Waals surface area contributed by atoms with Crippen molar-refractivity contribution in [3.63, 3.8) is 0 Å². The maximum absolute atomic E-state index is 14.6. The fourth-order valence-corrected chi connectivity index (χ4v) is 6.99. The molecule has 1 amide bonds. The molecule has 2 fully saturated rings. The first kappa shape index (κ1) is 32.7. The lowest BCUT2D eigenvalue weighted by atomic mass is 9.96. The average molecular weight is 671 g/mol. The number of rotatable bonds is 10. The van der Waals surface area contributed by atoms with Crippen molar-refractivity contribution in [2.24, 2.45) is 18.9 Å². The first-order valence-corrected chi connectivity index (χ1v) is 16.6. The number of hydrogen-bond donors (Lipinski definition) is 2. The Balaban J connectivity index is 1.28. The van der Waals surface area contributed by atoms with Gasteiger partial charge in [-0.25, -0.2) is 4.98 Å². The molecule has 2 N–H and O–H groups in total. The summed E-state index contributed by atoms with van der Waals surface area (Å²) in [6.45, 7) is 1.96. The molecular formula is C36H37F3N8O2. The number of hydrogen-bond acceptors (Lipinski definition) is 8. The minimum atomic E-state index is -4.67. The molecule has 1 aliphatic carbocycles. The van der Waals surface area contributed by atoms with E-state index in [1.165, 1.54) is 17.7 Å². The highest BCUT2D eigenvalue weighted by Gasteiger charge is 2.41. The van der Waals surface area contributed by atoms with Gasteiger partial charge in [0.2, 0.25) is 0 Å². The van der Waals surface area contributed by atoms with Crippen LogP contribution in [0.5, 0.6) is 0 Å². The molecule has 7 rings (SSSR count). The number of amides is 1. The van der Waals surface area contributed by atoms with Gasteiger partial charge in [0.25, 0.3) is 5.91 Å². The van der Waals surface area contributed by atoms with E-state index in [2.05, 4.69) is 21.6 Å². The summed E-state index contributed by atoms with van der Waals surface area (Å²) in [5, 5.41) is 31.1. The summed E-state index contributed by atoms with van der Waals surface area (Å²) in [6.07, 6.45) is 1.96. The predicted octanol–water partition coefficient (Wildman–Crippen LogP) is 6.01. The normalized spacial score (nSPS) is 18.1. The zero-order chi connectivity index (χ0) is 34.3. The number of pyridine rings is 1. The number of aryl methyl sites for hydroxylation is 1. The number of anilines is 2. The van der Waals surface area contributed by atoms with Crippen molar-refractivity contribution in [2.45, 2.75) is 51.4 Å². The van der Waals surface area contributed by atoms with Gasteiger partial charge in [-0.3, -0.25) is 14.6 Å². The highest BCUT2D eigenvalue weighted by Crippen LogP contribution is 2.41. The van der Waals surface area contributed by atoms with E-state index in [4.69, 9.17) is 4.98 Å². The Morgan fingerprint density at radius 1 is 1.06 bits per heavy atom. The maximum Gasteiger partial charge on any atom is 0.416 e. The first-order chi connectivity index (χ1) is 23.6. The van der Waals surface area contributed by atoms with Crippen LogP contribution in [0, 0.1) is 23.2 Å². The third-order valence-electron chi connectivity index (χ3n) is 9.73. The Morgan fingerprint density at radius 3 is 2.61 bits per heavy atom. The van der Waals surface area contributed by atoms with Crippen LogP contribution in [-0.2, 0) is 26.3 Å². The van der Waals surface area contributed by atoms with Crippen LogP contribution in [0.15, 0.2) is 48.8 Å². The fourth-order valence-electron chi connectivity index (χ4n) is 6.99. The number of likely N-dealkylation sites (tertiary alicyclic amines) is 1. The summed E-state index contributed by atoms with van der Waals surface area (Å²) in [4.78, 5) is 22.2. The first-order valence-electron chi connectivity index (χ1n) is 16.6. The summed E-state index contributed by atoms with van der Waals surface area (Å²) >= 11 is 0. The molecule has 4 heterocycles. The molecular weight excluding hydrogens is 633 g/mol. The lowest BCUT2D eigenvalue weighted by Gasteiger charge is -2.32. The van der Waals surface area contributed by atoms with E-state index in [1.807, 2.05) is 18.0 Å². The van der Waals surface area contributed by atoms with Crippen molar-refractivity contribution in [1.29, 1.82) is 5.26 Å². The van der Waals surface area contributed by atoms with Crippen LogP contribution in [-0.4, -0.2) is 61.9 Å². The lowest BCUT2D eigenvalue weighted by Crippen LogP contribution is -2.36. The number of nitriles is 1. The van der Waals surface area contributed by atoms with Crippen molar-refractivity contribution < 1.29 is 23.1 Å². The number of alkyl halides is 3. The van der Waals surface area contributed by atoms with E-state index in [-0.39, 0.29) is 42.6 Å². The number of benzene rings is 2. The number of nitrogens with one attached hydrogen (secondary N) is 1. The summed E-state index contributed by atoms with van der Waals surface area (Å²) < 4.78 is 45.5. The number of aliphatic hydroxyl groups is 1. The van der Waals surface area contributed by atoms with Crippen LogP contribution in [0.2, 0.25) is 0 Å². The molecule has 13 heteroatoms. The Labute approximate surface area is 282 Å². The van der Waals surface area contributed by atoms with Crippen molar-refractivity contribution in [1.82, 2.24) is 24.6 Å². The number of halogens is 3. The number of piperidine rings is 1.